The van der Waals surface area contributed by atoms with Crippen LogP contribution in [0.25, 0.3) is 0 Å². The molecule has 1 aliphatic rings. The lowest BCUT2D eigenvalue weighted by Gasteiger charge is -2.22. The number of hydrogen-bond acceptors (Lipinski definition) is 5. The Balaban J connectivity index is 2.17. The van der Waals surface area contributed by atoms with E-state index < -0.39 is 35.4 Å². The van der Waals surface area contributed by atoms with Crippen molar-refractivity contribution in [2.45, 2.75) is 45.1 Å². The number of benzene rings is 1. The van der Waals surface area contributed by atoms with Crippen LogP contribution in [0.3, 0.4) is 0 Å². The van der Waals surface area contributed by atoms with E-state index in [0.717, 1.165) is 0 Å². The molecule has 0 spiro atoms. The molecule has 1 aliphatic heterocycles. The van der Waals surface area contributed by atoms with Gasteiger partial charge in [-0.25, -0.2) is 9.18 Å². The number of amides is 1. The molecule has 7 heteroatoms. The van der Waals surface area contributed by atoms with Crippen molar-refractivity contribution < 1.29 is 28.2 Å². The zero-order chi connectivity index (χ0) is 17.2. The number of rotatable bonds is 2. The van der Waals surface area contributed by atoms with Crippen molar-refractivity contribution in [1.82, 2.24) is 0 Å². The lowest BCUT2D eigenvalue weighted by atomic mass is 9.90. The topological polar surface area (TPSA) is 81.7 Å². The van der Waals surface area contributed by atoms with Crippen molar-refractivity contribution in [1.29, 1.82) is 0 Å². The maximum absolute atomic E-state index is 14.0. The fraction of sp³-hybridized carbons (Fsp3) is 0.438. The van der Waals surface area contributed by atoms with E-state index in [2.05, 4.69) is 10.1 Å². The third-order valence-corrected chi connectivity index (χ3v) is 3.13. The Hall–Kier alpha value is -2.44. The summed E-state index contributed by atoms with van der Waals surface area (Å²) in [4.78, 5) is 34.4. The van der Waals surface area contributed by atoms with Crippen molar-refractivity contribution in [3.63, 3.8) is 0 Å². The number of anilines is 1. The molecule has 0 atom stereocenters. The van der Waals surface area contributed by atoms with E-state index in [4.69, 9.17) is 4.74 Å². The van der Waals surface area contributed by atoms with Gasteiger partial charge in [-0.1, -0.05) is 0 Å². The van der Waals surface area contributed by atoms with Crippen LogP contribution < -0.4 is 5.32 Å². The molecule has 0 unspecified atom stereocenters. The number of carbonyl (C=O) groups is 3. The van der Waals surface area contributed by atoms with Gasteiger partial charge in [-0.2, -0.15) is 0 Å². The van der Waals surface area contributed by atoms with Crippen molar-refractivity contribution in [2.24, 2.45) is 0 Å². The highest BCUT2D eigenvalue weighted by Gasteiger charge is 2.30. The number of halogens is 1. The fourth-order valence-electron chi connectivity index (χ4n) is 2.26. The summed E-state index contributed by atoms with van der Waals surface area (Å²) in [5, 5.41) is 2.50. The smallest absolute Gasteiger partial charge is 0.412 e. The summed E-state index contributed by atoms with van der Waals surface area (Å²) in [5.74, 6) is -2.52. The molecule has 1 amide bonds. The summed E-state index contributed by atoms with van der Waals surface area (Å²) in [5.41, 5.74) is -0.155. The van der Waals surface area contributed by atoms with Gasteiger partial charge in [-0.3, -0.25) is 14.9 Å². The van der Waals surface area contributed by atoms with Gasteiger partial charge in [0.1, 0.15) is 11.4 Å². The minimum Gasteiger partial charge on any atom is -0.444 e. The highest BCUT2D eigenvalue weighted by Crippen LogP contribution is 2.31. The first-order valence-electron chi connectivity index (χ1n) is 7.17. The molecule has 0 aromatic heterocycles. The zero-order valence-corrected chi connectivity index (χ0v) is 13.1. The maximum atomic E-state index is 14.0. The molecular formula is C16H18FNO5. The van der Waals surface area contributed by atoms with E-state index in [0.29, 0.717) is 5.69 Å². The van der Waals surface area contributed by atoms with E-state index >= 15 is 0 Å². The van der Waals surface area contributed by atoms with E-state index in [-0.39, 0.29) is 18.4 Å². The minimum atomic E-state index is -0.684. The average Bonchev–Trinajstić information content (AvgIpc) is 2.37. The van der Waals surface area contributed by atoms with Crippen LogP contribution in [0.4, 0.5) is 14.9 Å². The van der Waals surface area contributed by atoms with Crippen LogP contribution in [0.1, 0.15) is 45.1 Å². The second-order valence-electron chi connectivity index (χ2n) is 6.31. The van der Waals surface area contributed by atoms with Gasteiger partial charge in [0.25, 0.3) is 0 Å². The average molecular weight is 323 g/mol. The quantitative estimate of drug-likeness (QED) is 0.668. The monoisotopic (exact) mass is 323 g/mol. The summed E-state index contributed by atoms with van der Waals surface area (Å²) in [7, 11) is 0. The van der Waals surface area contributed by atoms with Gasteiger partial charge in [-0.05, 0) is 44.5 Å². The number of ether oxygens (including phenoxy) is 2. The summed E-state index contributed by atoms with van der Waals surface area (Å²) >= 11 is 0. The molecule has 1 saturated heterocycles. The first kappa shape index (κ1) is 16.9. The SMILES string of the molecule is CC(C)(C)OC(=O)Nc1ccc(F)c(C2CC(=O)OC(=O)C2)c1. The molecule has 124 valence electrons. The Morgan fingerprint density at radius 2 is 1.87 bits per heavy atom. The standard InChI is InChI=1S/C16H18FNO5/c1-16(2,3)23-15(21)18-10-4-5-12(17)11(8-10)9-6-13(19)22-14(20)7-9/h4-5,8-9H,6-7H2,1-3H3,(H,18,21). The largest absolute Gasteiger partial charge is 0.444 e. The Bertz CT molecular complexity index is 634. The number of esters is 2. The molecule has 1 fully saturated rings. The van der Waals surface area contributed by atoms with E-state index in [1.54, 1.807) is 20.8 Å². The summed E-state index contributed by atoms with van der Waals surface area (Å²) in [6.07, 6.45) is -0.842. The second kappa shape index (κ2) is 6.36. The van der Waals surface area contributed by atoms with Crippen molar-refractivity contribution >= 4 is 23.7 Å². The third-order valence-electron chi connectivity index (χ3n) is 3.13. The van der Waals surface area contributed by atoms with Crippen LogP contribution in [-0.2, 0) is 19.1 Å². The Labute approximate surface area is 133 Å². The molecule has 1 aromatic rings. The van der Waals surface area contributed by atoms with Crippen molar-refractivity contribution in [3.8, 4) is 0 Å². The van der Waals surface area contributed by atoms with E-state index in [1.807, 2.05) is 0 Å². The predicted octanol–water partition coefficient (Wildman–Crippen LogP) is 3.12. The lowest BCUT2D eigenvalue weighted by Crippen LogP contribution is -2.27. The molecule has 2 rings (SSSR count). The van der Waals surface area contributed by atoms with E-state index in [9.17, 15) is 18.8 Å². The molecular weight excluding hydrogens is 305 g/mol. The van der Waals surface area contributed by atoms with Gasteiger partial charge in [0.05, 0.1) is 12.8 Å². The first-order valence-corrected chi connectivity index (χ1v) is 7.17. The van der Waals surface area contributed by atoms with Crippen molar-refractivity contribution in [3.05, 3.63) is 29.6 Å². The Morgan fingerprint density at radius 1 is 1.26 bits per heavy atom. The van der Waals surface area contributed by atoms with Crippen LogP contribution in [0, 0.1) is 5.82 Å². The maximum Gasteiger partial charge on any atom is 0.412 e. The molecule has 0 radical (unpaired) electrons. The van der Waals surface area contributed by atoms with Crippen LogP contribution in [0.2, 0.25) is 0 Å². The molecule has 1 heterocycles. The normalized spacial score (nSPS) is 16.0. The highest BCUT2D eigenvalue weighted by atomic mass is 19.1. The van der Waals surface area contributed by atoms with Gasteiger partial charge in [0.15, 0.2) is 0 Å². The van der Waals surface area contributed by atoms with E-state index in [1.165, 1.54) is 18.2 Å². The van der Waals surface area contributed by atoms with Gasteiger partial charge in [0, 0.05) is 11.6 Å². The second-order valence-corrected chi connectivity index (χ2v) is 6.31. The molecule has 23 heavy (non-hydrogen) atoms. The van der Waals surface area contributed by atoms with Gasteiger partial charge in [-0.15, -0.1) is 0 Å². The summed E-state index contributed by atoms with van der Waals surface area (Å²) < 4.78 is 23.6. The van der Waals surface area contributed by atoms with Gasteiger partial charge < -0.3 is 9.47 Å². The first-order chi connectivity index (χ1) is 10.6. The molecule has 0 bridgehead atoms. The lowest BCUT2D eigenvalue weighted by molar-refractivity contribution is -0.163. The molecule has 0 aliphatic carbocycles. The molecule has 6 nitrogen and oxygen atoms in total. The number of hydrogen-bond donors (Lipinski definition) is 1. The van der Waals surface area contributed by atoms with Gasteiger partial charge in [0.2, 0.25) is 0 Å². The fourth-order valence-corrected chi connectivity index (χ4v) is 2.26. The molecule has 1 N–H and O–H groups in total. The van der Waals surface area contributed by atoms with Crippen LogP contribution in [0.5, 0.6) is 0 Å². The van der Waals surface area contributed by atoms with Crippen molar-refractivity contribution in [2.75, 3.05) is 5.32 Å². The summed E-state index contributed by atoms with van der Waals surface area (Å²) in [6.45, 7) is 5.17. The van der Waals surface area contributed by atoms with Crippen LogP contribution in [0.15, 0.2) is 18.2 Å². The minimum absolute atomic E-state index is 0.0848. The number of nitrogens with one attached hydrogen (secondary N) is 1. The predicted molar refractivity (Wildman–Crippen MR) is 79.3 cm³/mol. The Morgan fingerprint density at radius 3 is 2.43 bits per heavy atom. The zero-order valence-electron chi connectivity index (χ0n) is 13.1. The van der Waals surface area contributed by atoms with Gasteiger partial charge >= 0.3 is 18.0 Å². The molecule has 1 aromatic carbocycles. The van der Waals surface area contributed by atoms with Crippen LogP contribution in [-0.4, -0.2) is 23.6 Å². The molecule has 0 saturated carbocycles. The number of cyclic esters (lactones) is 2. The van der Waals surface area contributed by atoms with Crippen LogP contribution >= 0.6 is 0 Å². The summed E-state index contributed by atoms with van der Waals surface area (Å²) in [6, 6.07) is 3.95. The number of carbonyl (C=O) groups excluding carboxylic acids is 3. The Kier molecular flexibility index (Phi) is 4.68. The third kappa shape index (κ3) is 4.77. The highest BCUT2D eigenvalue weighted by molar-refractivity contribution is 5.89.